The van der Waals surface area contributed by atoms with Gasteiger partial charge >= 0.3 is 0 Å². The third-order valence-corrected chi connectivity index (χ3v) is 2.74. The molecule has 21 heavy (non-hydrogen) atoms. The number of hydrogen-bond acceptors (Lipinski definition) is 5. The molecule has 1 heterocycles. The highest BCUT2D eigenvalue weighted by Gasteiger charge is 2.11. The summed E-state index contributed by atoms with van der Waals surface area (Å²) in [5.74, 6) is -0.455. The van der Waals surface area contributed by atoms with Crippen LogP contribution in [0.2, 0.25) is 0 Å². The molecule has 0 aliphatic heterocycles. The summed E-state index contributed by atoms with van der Waals surface area (Å²) in [4.78, 5) is 17.7. The Kier molecular flexibility index (Phi) is 4.62. The van der Waals surface area contributed by atoms with Gasteiger partial charge in [-0.25, -0.2) is 15.1 Å². The van der Waals surface area contributed by atoms with Gasteiger partial charge in [-0.05, 0) is 5.56 Å². The van der Waals surface area contributed by atoms with E-state index in [2.05, 4.69) is 20.3 Å². The molecule has 1 amide bonds. The molecule has 3 N–H and O–H groups in total. The second-order valence-electron chi connectivity index (χ2n) is 4.52. The summed E-state index contributed by atoms with van der Waals surface area (Å²) in [6.07, 6.45) is 1.35. The number of carbonyl (C=O) groups is 1. The number of hydrazine groups is 1. The van der Waals surface area contributed by atoms with E-state index < -0.39 is 5.91 Å². The van der Waals surface area contributed by atoms with Crippen LogP contribution in [0.4, 0.5) is 5.82 Å². The summed E-state index contributed by atoms with van der Waals surface area (Å²) in [5.41, 5.74) is 6.43. The van der Waals surface area contributed by atoms with Gasteiger partial charge in [0.05, 0.1) is 12.9 Å². The SMILES string of the molecule is CN(C)N(Cc1ccccc1)/N=N/c1nc[nH]c1C(N)=O. The molecule has 0 aliphatic carbocycles. The van der Waals surface area contributed by atoms with Crippen molar-refractivity contribution in [3.8, 4) is 0 Å². The molecule has 8 nitrogen and oxygen atoms in total. The highest BCUT2D eigenvalue weighted by atomic mass is 16.1. The summed E-state index contributed by atoms with van der Waals surface area (Å²) in [6, 6.07) is 9.86. The van der Waals surface area contributed by atoms with E-state index in [-0.39, 0.29) is 11.5 Å². The van der Waals surface area contributed by atoms with E-state index in [1.165, 1.54) is 6.33 Å². The summed E-state index contributed by atoms with van der Waals surface area (Å²) in [5, 5.41) is 11.5. The minimum atomic E-state index is -0.624. The molecule has 0 atom stereocenters. The van der Waals surface area contributed by atoms with Crippen LogP contribution in [0.5, 0.6) is 0 Å². The summed E-state index contributed by atoms with van der Waals surface area (Å²) >= 11 is 0. The first-order valence-corrected chi connectivity index (χ1v) is 6.31. The van der Waals surface area contributed by atoms with Gasteiger partial charge in [-0.3, -0.25) is 4.79 Å². The highest BCUT2D eigenvalue weighted by molar-refractivity contribution is 5.94. The fraction of sp³-hybridized carbons (Fsp3) is 0.231. The Labute approximate surface area is 122 Å². The minimum Gasteiger partial charge on any atom is -0.364 e. The lowest BCUT2D eigenvalue weighted by molar-refractivity contribution is 0.00995. The van der Waals surface area contributed by atoms with Crippen LogP contribution in [-0.2, 0) is 6.54 Å². The lowest BCUT2D eigenvalue weighted by Crippen LogP contribution is -2.31. The molecule has 2 aromatic rings. The molecular weight excluding hydrogens is 270 g/mol. The lowest BCUT2D eigenvalue weighted by atomic mass is 10.2. The van der Waals surface area contributed by atoms with Crippen molar-refractivity contribution in [1.29, 1.82) is 0 Å². The zero-order valence-corrected chi connectivity index (χ0v) is 11.9. The predicted molar refractivity (Wildman–Crippen MR) is 77.3 cm³/mol. The van der Waals surface area contributed by atoms with Crippen molar-refractivity contribution in [3.05, 3.63) is 47.9 Å². The molecule has 0 aliphatic rings. The van der Waals surface area contributed by atoms with Gasteiger partial charge in [0.2, 0.25) is 5.82 Å². The van der Waals surface area contributed by atoms with E-state index in [1.54, 1.807) is 10.1 Å². The third-order valence-electron chi connectivity index (χ3n) is 2.74. The minimum absolute atomic E-state index is 0.136. The molecule has 0 unspecified atom stereocenters. The molecule has 0 spiro atoms. The second kappa shape index (κ2) is 6.62. The smallest absolute Gasteiger partial charge is 0.269 e. The van der Waals surface area contributed by atoms with Crippen LogP contribution in [0.25, 0.3) is 0 Å². The Morgan fingerprint density at radius 3 is 2.67 bits per heavy atom. The molecule has 8 heteroatoms. The maximum atomic E-state index is 11.2. The number of imidazole rings is 1. The van der Waals surface area contributed by atoms with Crippen LogP contribution < -0.4 is 5.73 Å². The monoisotopic (exact) mass is 287 g/mol. The molecule has 110 valence electrons. The Balaban J connectivity index is 2.14. The van der Waals surface area contributed by atoms with E-state index in [0.717, 1.165) is 5.56 Å². The molecule has 1 aromatic carbocycles. The van der Waals surface area contributed by atoms with Gasteiger partial charge in [0.1, 0.15) is 0 Å². The maximum Gasteiger partial charge on any atom is 0.269 e. The van der Waals surface area contributed by atoms with Gasteiger partial charge in [-0.2, -0.15) is 0 Å². The van der Waals surface area contributed by atoms with Crippen LogP contribution in [0.3, 0.4) is 0 Å². The standard InChI is InChI=1S/C13H17N7O/c1-19(2)20(8-10-6-4-3-5-7-10)18-17-13-11(12(14)21)15-9-16-13/h3-7,9H,8H2,1-2H3,(H2,14,21)(H,15,16)/b18-17+. The van der Waals surface area contributed by atoms with Crippen LogP contribution in [0.15, 0.2) is 47.0 Å². The number of aromatic nitrogens is 2. The first-order valence-electron chi connectivity index (χ1n) is 6.31. The van der Waals surface area contributed by atoms with Gasteiger partial charge in [0, 0.05) is 14.1 Å². The molecule has 0 bridgehead atoms. The van der Waals surface area contributed by atoms with Crippen molar-refractivity contribution in [3.63, 3.8) is 0 Å². The Bertz CT molecular complexity index is 620. The Hall–Kier alpha value is -2.74. The average Bonchev–Trinajstić information content (AvgIpc) is 2.93. The van der Waals surface area contributed by atoms with Gasteiger partial charge in [-0.1, -0.05) is 35.6 Å². The van der Waals surface area contributed by atoms with Crippen LogP contribution in [0, 0.1) is 0 Å². The molecule has 0 saturated carbocycles. The molecule has 2 rings (SSSR count). The Morgan fingerprint density at radius 1 is 1.33 bits per heavy atom. The highest BCUT2D eigenvalue weighted by Crippen LogP contribution is 2.15. The topological polar surface area (TPSA) is 103 Å². The average molecular weight is 287 g/mol. The van der Waals surface area contributed by atoms with E-state index in [9.17, 15) is 4.79 Å². The first-order chi connectivity index (χ1) is 10.1. The lowest BCUT2D eigenvalue weighted by Gasteiger charge is -2.24. The third kappa shape index (κ3) is 3.86. The molecule has 0 saturated heterocycles. The normalized spacial score (nSPS) is 11.2. The Morgan fingerprint density at radius 2 is 2.05 bits per heavy atom. The number of nitrogens with two attached hydrogens (primary N) is 1. The number of rotatable bonds is 6. The number of nitrogens with zero attached hydrogens (tertiary/aromatic N) is 5. The number of nitrogens with one attached hydrogen (secondary N) is 1. The number of hydrogen-bond donors (Lipinski definition) is 2. The predicted octanol–water partition coefficient (Wildman–Crippen LogP) is 1.49. The van der Waals surface area contributed by atoms with Gasteiger partial charge in [0.15, 0.2) is 5.69 Å². The van der Waals surface area contributed by atoms with Crippen molar-refractivity contribution in [2.45, 2.75) is 6.54 Å². The van der Waals surface area contributed by atoms with E-state index in [0.29, 0.717) is 6.54 Å². The van der Waals surface area contributed by atoms with E-state index in [4.69, 9.17) is 5.73 Å². The number of H-pyrrole nitrogens is 1. The molecular formula is C13H17N7O. The number of primary amides is 1. The number of carbonyl (C=O) groups excluding carboxylic acids is 1. The van der Waals surface area contributed by atoms with Crippen LogP contribution in [0.1, 0.15) is 16.1 Å². The second-order valence-corrected chi connectivity index (χ2v) is 4.52. The quantitative estimate of drug-likeness (QED) is 0.620. The van der Waals surface area contributed by atoms with Crippen LogP contribution >= 0.6 is 0 Å². The van der Waals surface area contributed by atoms with E-state index in [1.807, 2.05) is 44.4 Å². The van der Waals surface area contributed by atoms with Crippen molar-refractivity contribution in [2.75, 3.05) is 14.1 Å². The molecule has 0 radical (unpaired) electrons. The molecule has 0 fully saturated rings. The van der Waals surface area contributed by atoms with E-state index >= 15 is 0 Å². The number of benzene rings is 1. The molecule has 1 aromatic heterocycles. The summed E-state index contributed by atoms with van der Waals surface area (Å²) in [7, 11) is 3.70. The van der Waals surface area contributed by atoms with Gasteiger partial charge in [-0.15, -0.1) is 5.11 Å². The van der Waals surface area contributed by atoms with Crippen molar-refractivity contribution < 1.29 is 4.79 Å². The van der Waals surface area contributed by atoms with Gasteiger partial charge < -0.3 is 10.7 Å². The fourth-order valence-electron chi connectivity index (χ4n) is 1.64. The van der Waals surface area contributed by atoms with Gasteiger partial charge in [0.25, 0.3) is 5.91 Å². The first kappa shape index (κ1) is 14.7. The maximum absolute atomic E-state index is 11.2. The number of amides is 1. The zero-order valence-electron chi connectivity index (χ0n) is 11.9. The van der Waals surface area contributed by atoms with Crippen molar-refractivity contribution >= 4 is 11.7 Å². The van der Waals surface area contributed by atoms with Crippen molar-refractivity contribution in [1.82, 2.24) is 20.1 Å². The fourth-order valence-corrected chi connectivity index (χ4v) is 1.64. The zero-order chi connectivity index (χ0) is 15.2. The number of aromatic amines is 1. The van der Waals surface area contributed by atoms with Crippen LogP contribution in [-0.4, -0.2) is 40.1 Å². The largest absolute Gasteiger partial charge is 0.364 e. The summed E-state index contributed by atoms with van der Waals surface area (Å²) in [6.45, 7) is 0.549. The van der Waals surface area contributed by atoms with Crippen molar-refractivity contribution in [2.24, 2.45) is 16.1 Å². The summed E-state index contributed by atoms with van der Waals surface area (Å²) < 4.78 is 0.